The average molecular weight is 274 g/mol. The average Bonchev–Trinajstić information content (AvgIpc) is 2.69. The molecule has 0 aliphatic carbocycles. The minimum atomic E-state index is -1.37. The van der Waals surface area contributed by atoms with Crippen LogP contribution in [0.15, 0.2) is 0 Å². The van der Waals surface area contributed by atoms with Gasteiger partial charge in [0.25, 0.3) is 0 Å². The molecule has 0 aromatic rings. The van der Waals surface area contributed by atoms with Crippen molar-refractivity contribution in [2.45, 2.75) is 24.9 Å². The van der Waals surface area contributed by atoms with E-state index in [0.29, 0.717) is 0 Å². The Balaban J connectivity index is 2.09. The molecule has 106 valence electrons. The van der Waals surface area contributed by atoms with Crippen LogP contribution in [0.5, 0.6) is 0 Å². The first-order valence-electron chi connectivity index (χ1n) is 5.72. The van der Waals surface area contributed by atoms with Crippen LogP contribution in [0.25, 0.3) is 0 Å². The molecule has 0 radical (unpaired) electrons. The van der Waals surface area contributed by atoms with Crippen LogP contribution in [0.3, 0.4) is 0 Å². The highest BCUT2D eigenvalue weighted by molar-refractivity contribution is 6.06. The highest BCUT2D eigenvalue weighted by Gasteiger charge is 2.44. The zero-order valence-electron chi connectivity index (χ0n) is 9.85. The normalized spacial score (nSPS) is 35.4. The van der Waals surface area contributed by atoms with Crippen molar-refractivity contribution < 1.29 is 34.4 Å². The van der Waals surface area contributed by atoms with Crippen LogP contribution in [0.2, 0.25) is 0 Å². The summed E-state index contributed by atoms with van der Waals surface area (Å²) in [6.07, 6.45) is -2.57. The van der Waals surface area contributed by atoms with Crippen LogP contribution in [-0.2, 0) is 14.3 Å². The lowest BCUT2D eigenvalue weighted by molar-refractivity contribution is -0.150. The van der Waals surface area contributed by atoms with Crippen molar-refractivity contribution in [3.05, 3.63) is 0 Å². The minimum Gasteiger partial charge on any atom is -0.481 e. The maximum Gasteiger partial charge on any atom is 0.326 e. The molecule has 0 aromatic heterocycles. The Morgan fingerprint density at radius 3 is 2.68 bits per heavy atom. The van der Waals surface area contributed by atoms with Gasteiger partial charge in [-0.25, -0.2) is 4.79 Å². The van der Waals surface area contributed by atoms with Gasteiger partial charge in [-0.1, -0.05) is 0 Å². The molecule has 2 aliphatic rings. The van der Waals surface area contributed by atoms with E-state index in [2.05, 4.69) is 0 Å². The zero-order chi connectivity index (χ0) is 14.2. The van der Waals surface area contributed by atoms with Crippen molar-refractivity contribution >= 4 is 17.9 Å². The van der Waals surface area contributed by atoms with Gasteiger partial charge in [-0.05, 0) is 0 Å². The number of carbonyl (C=O) groups is 3. The van der Waals surface area contributed by atoms with Gasteiger partial charge in [0.1, 0.15) is 12.3 Å². The van der Waals surface area contributed by atoms with E-state index in [-0.39, 0.29) is 13.0 Å². The van der Waals surface area contributed by atoms with Crippen molar-refractivity contribution in [1.29, 1.82) is 0 Å². The molecule has 2 rings (SSSR count). The lowest BCUT2D eigenvalue weighted by Crippen LogP contribution is -2.59. The van der Waals surface area contributed by atoms with E-state index >= 15 is 0 Å². The molecule has 4 atom stereocenters. The van der Waals surface area contributed by atoms with Crippen molar-refractivity contribution in [1.82, 2.24) is 10.2 Å². The number of rotatable bonds is 3. The smallest absolute Gasteiger partial charge is 0.326 e. The van der Waals surface area contributed by atoms with Gasteiger partial charge in [-0.15, -0.1) is 0 Å². The Kier molecular flexibility index (Phi) is 3.69. The lowest BCUT2D eigenvalue weighted by atomic mass is 10.1. The Bertz CT molecular complexity index is 413. The van der Waals surface area contributed by atoms with E-state index in [1.165, 1.54) is 0 Å². The first kappa shape index (κ1) is 13.7. The maximum absolute atomic E-state index is 11.6. The highest BCUT2D eigenvalue weighted by Crippen LogP contribution is 2.25. The number of carbonyl (C=O) groups excluding carboxylic acids is 2. The molecule has 1 unspecified atom stereocenters. The molecule has 4 N–H and O–H groups in total. The number of ether oxygens (including phenoxy) is 1. The number of nitrogens with zero attached hydrogens (tertiary/aromatic N) is 1. The molecule has 0 aromatic carbocycles. The molecular formula is C10H14N2O7. The number of imide groups is 1. The van der Waals surface area contributed by atoms with Crippen molar-refractivity contribution in [2.24, 2.45) is 5.92 Å². The van der Waals surface area contributed by atoms with Crippen molar-refractivity contribution in [3.63, 3.8) is 0 Å². The summed E-state index contributed by atoms with van der Waals surface area (Å²) in [5.41, 5.74) is 0. The van der Waals surface area contributed by atoms with E-state index in [9.17, 15) is 19.5 Å². The van der Waals surface area contributed by atoms with Crippen LogP contribution < -0.4 is 5.32 Å². The number of hydrogen-bond acceptors (Lipinski definition) is 6. The van der Waals surface area contributed by atoms with Crippen LogP contribution >= 0.6 is 0 Å². The fourth-order valence-electron chi connectivity index (χ4n) is 2.14. The van der Waals surface area contributed by atoms with Gasteiger partial charge in [0.2, 0.25) is 5.91 Å². The third-order valence-corrected chi connectivity index (χ3v) is 3.22. The van der Waals surface area contributed by atoms with Gasteiger partial charge in [0, 0.05) is 13.0 Å². The quantitative estimate of drug-likeness (QED) is 0.425. The Morgan fingerprint density at radius 2 is 2.16 bits per heavy atom. The first-order chi connectivity index (χ1) is 8.93. The summed E-state index contributed by atoms with van der Waals surface area (Å²) in [4.78, 5) is 34.9. The van der Waals surface area contributed by atoms with Crippen molar-refractivity contribution in [3.8, 4) is 0 Å². The number of aliphatic hydroxyl groups excluding tert-OH is 2. The predicted molar refractivity (Wildman–Crippen MR) is 57.7 cm³/mol. The lowest BCUT2D eigenvalue weighted by Gasteiger charge is -2.33. The number of urea groups is 1. The van der Waals surface area contributed by atoms with Gasteiger partial charge in [-0.3, -0.25) is 19.8 Å². The van der Waals surface area contributed by atoms with Crippen molar-refractivity contribution in [2.75, 3.05) is 13.2 Å². The van der Waals surface area contributed by atoms with Crippen LogP contribution in [-0.4, -0.2) is 69.7 Å². The molecule has 2 heterocycles. The molecule has 2 fully saturated rings. The molecule has 0 saturated carbocycles. The summed E-state index contributed by atoms with van der Waals surface area (Å²) in [7, 11) is 0. The summed E-state index contributed by atoms with van der Waals surface area (Å²) in [6.45, 7) is -0.732. The van der Waals surface area contributed by atoms with Crippen LogP contribution in [0.1, 0.15) is 6.42 Å². The minimum absolute atomic E-state index is 0.0547. The number of nitrogens with one attached hydrogen (secondary N) is 1. The summed E-state index contributed by atoms with van der Waals surface area (Å²) in [5.74, 6) is -3.58. The summed E-state index contributed by atoms with van der Waals surface area (Å²) >= 11 is 0. The SMILES string of the molecule is O=C(O)C1CN([C@H]2C[C@H](O)[C@@H](CO)O2)C(=O)NC1=O. The molecule has 2 saturated heterocycles. The third kappa shape index (κ3) is 2.53. The second-order valence-corrected chi connectivity index (χ2v) is 4.45. The van der Waals surface area contributed by atoms with Gasteiger partial charge in [0.15, 0.2) is 5.92 Å². The van der Waals surface area contributed by atoms with E-state index in [1.807, 2.05) is 5.32 Å². The van der Waals surface area contributed by atoms with Gasteiger partial charge >= 0.3 is 12.0 Å². The molecule has 19 heavy (non-hydrogen) atoms. The van der Waals surface area contributed by atoms with E-state index < -0.39 is 48.9 Å². The Hall–Kier alpha value is -1.71. The highest BCUT2D eigenvalue weighted by atomic mass is 16.5. The van der Waals surface area contributed by atoms with E-state index in [1.54, 1.807) is 0 Å². The van der Waals surface area contributed by atoms with Crippen LogP contribution in [0.4, 0.5) is 4.79 Å². The maximum atomic E-state index is 11.6. The van der Waals surface area contributed by atoms with Gasteiger partial charge in [0.05, 0.1) is 12.7 Å². The third-order valence-electron chi connectivity index (χ3n) is 3.22. The second kappa shape index (κ2) is 5.11. The van der Waals surface area contributed by atoms with Crippen LogP contribution in [0, 0.1) is 5.92 Å². The Morgan fingerprint density at radius 1 is 1.47 bits per heavy atom. The number of hydrogen-bond donors (Lipinski definition) is 4. The fraction of sp³-hybridized carbons (Fsp3) is 0.700. The molecule has 0 spiro atoms. The number of carboxylic acids is 1. The topological polar surface area (TPSA) is 136 Å². The van der Waals surface area contributed by atoms with E-state index in [4.69, 9.17) is 14.9 Å². The predicted octanol–water partition coefficient (Wildman–Crippen LogP) is -2.29. The molecule has 9 heteroatoms. The summed E-state index contributed by atoms with van der Waals surface area (Å²) in [6, 6.07) is -0.765. The first-order valence-corrected chi connectivity index (χ1v) is 5.72. The molecular weight excluding hydrogens is 260 g/mol. The number of amides is 3. The second-order valence-electron chi connectivity index (χ2n) is 4.45. The molecule has 2 aliphatic heterocycles. The monoisotopic (exact) mass is 274 g/mol. The largest absolute Gasteiger partial charge is 0.481 e. The number of aliphatic hydroxyl groups is 2. The van der Waals surface area contributed by atoms with E-state index in [0.717, 1.165) is 4.90 Å². The standard InChI is InChI=1S/C10H14N2O7/c13-3-6-5(14)1-7(19-6)12-2-4(9(16)17)8(15)11-10(12)18/h4-7,13-14H,1-3H2,(H,16,17)(H,11,15,18)/t4?,5-,6+,7+/m0/s1. The molecule has 0 bridgehead atoms. The molecule has 3 amide bonds. The van der Waals surface area contributed by atoms with Gasteiger partial charge in [-0.2, -0.15) is 0 Å². The zero-order valence-corrected chi connectivity index (χ0v) is 9.85. The Labute approximate surface area is 107 Å². The molecule has 9 nitrogen and oxygen atoms in total. The fourth-order valence-corrected chi connectivity index (χ4v) is 2.14. The summed E-state index contributed by atoms with van der Waals surface area (Å²) in [5, 5.41) is 29.3. The van der Waals surface area contributed by atoms with Gasteiger partial charge < -0.3 is 20.1 Å². The number of aliphatic carboxylic acids is 1. The summed E-state index contributed by atoms with van der Waals surface area (Å²) < 4.78 is 5.26. The number of carboxylic acid groups (broad SMARTS) is 1.